The Morgan fingerprint density at radius 3 is 2.54 bits per heavy atom. The molecule has 3 aromatic carbocycles. The number of carbonyl (C=O) groups excluding carboxylic acids is 1. The van der Waals surface area contributed by atoms with Crippen molar-refractivity contribution < 1.29 is 4.79 Å². The van der Waals surface area contributed by atoms with Gasteiger partial charge in [0.25, 0.3) is 5.91 Å². The van der Waals surface area contributed by atoms with Crippen molar-refractivity contribution in [3.63, 3.8) is 0 Å². The molecular weight excluding hydrogens is 322 g/mol. The average Bonchev–Trinajstić information content (AvgIpc) is 3.17. The molecule has 0 saturated carbocycles. The number of rotatable bonds is 4. The zero-order valence-electron chi connectivity index (χ0n) is 14.5. The third-order valence-electron chi connectivity index (χ3n) is 4.48. The molecule has 4 heteroatoms. The third kappa shape index (κ3) is 3.09. The van der Waals surface area contributed by atoms with Crippen molar-refractivity contribution in [1.29, 1.82) is 0 Å². The molecular formula is C22H19N3O. The molecule has 1 aromatic heterocycles. The number of nitrogens with zero attached hydrogens (tertiary/aromatic N) is 2. The van der Waals surface area contributed by atoms with E-state index in [2.05, 4.69) is 28.4 Å². The molecule has 0 aliphatic heterocycles. The van der Waals surface area contributed by atoms with Gasteiger partial charge in [0.1, 0.15) is 5.69 Å². The molecule has 4 aromatic rings. The molecule has 0 radical (unpaired) electrons. The van der Waals surface area contributed by atoms with E-state index in [1.807, 2.05) is 60.7 Å². The summed E-state index contributed by atoms with van der Waals surface area (Å²) in [5, 5.41) is 9.55. The summed E-state index contributed by atoms with van der Waals surface area (Å²) in [6, 6.07) is 26.1. The van der Waals surface area contributed by atoms with Crippen molar-refractivity contribution in [3.05, 3.63) is 90.1 Å². The first-order valence-electron chi connectivity index (χ1n) is 8.55. The van der Waals surface area contributed by atoms with Gasteiger partial charge in [0.15, 0.2) is 0 Å². The Morgan fingerprint density at radius 2 is 1.69 bits per heavy atom. The first-order valence-corrected chi connectivity index (χ1v) is 8.55. The van der Waals surface area contributed by atoms with E-state index in [1.54, 1.807) is 11.9 Å². The van der Waals surface area contributed by atoms with E-state index in [4.69, 9.17) is 0 Å². The van der Waals surface area contributed by atoms with Gasteiger partial charge in [0.2, 0.25) is 0 Å². The van der Waals surface area contributed by atoms with Crippen LogP contribution in [0, 0.1) is 0 Å². The maximum atomic E-state index is 12.7. The summed E-state index contributed by atoms with van der Waals surface area (Å²) >= 11 is 0. The molecule has 1 amide bonds. The Balaban J connectivity index is 1.60. The van der Waals surface area contributed by atoms with Gasteiger partial charge in [-0.15, -0.1) is 0 Å². The standard InChI is InChI=1S/C22H19N3O/c1-25(15-16-8-3-2-4-9-16)22(26)21-14-20(23-24-21)19-13-7-11-17-10-5-6-12-18(17)19/h2-14H,15H2,1H3,(H,23,24). The van der Waals surface area contributed by atoms with Gasteiger partial charge >= 0.3 is 0 Å². The Labute approximate surface area is 152 Å². The van der Waals surface area contributed by atoms with Crippen molar-refractivity contribution in [2.45, 2.75) is 6.54 Å². The molecule has 0 unspecified atom stereocenters. The monoisotopic (exact) mass is 341 g/mol. The van der Waals surface area contributed by atoms with E-state index < -0.39 is 0 Å². The minimum Gasteiger partial charge on any atom is -0.336 e. The molecule has 0 bridgehead atoms. The number of aromatic amines is 1. The van der Waals surface area contributed by atoms with Crippen LogP contribution in [0.25, 0.3) is 22.0 Å². The lowest BCUT2D eigenvalue weighted by atomic mass is 10.0. The first-order chi connectivity index (χ1) is 12.7. The lowest BCUT2D eigenvalue weighted by molar-refractivity contribution is 0.0779. The first kappa shape index (κ1) is 16.1. The van der Waals surface area contributed by atoms with Gasteiger partial charge in [-0.1, -0.05) is 72.8 Å². The van der Waals surface area contributed by atoms with Crippen LogP contribution in [0.4, 0.5) is 0 Å². The number of fused-ring (bicyclic) bond motifs is 1. The molecule has 0 atom stereocenters. The van der Waals surface area contributed by atoms with Gasteiger partial charge in [-0.2, -0.15) is 5.10 Å². The van der Waals surface area contributed by atoms with Crippen LogP contribution in [-0.4, -0.2) is 28.1 Å². The van der Waals surface area contributed by atoms with Crippen molar-refractivity contribution in [2.24, 2.45) is 0 Å². The van der Waals surface area contributed by atoms with Gasteiger partial charge in [-0.05, 0) is 22.4 Å². The second-order valence-corrected chi connectivity index (χ2v) is 6.34. The van der Waals surface area contributed by atoms with Gasteiger partial charge in [0, 0.05) is 19.2 Å². The third-order valence-corrected chi connectivity index (χ3v) is 4.48. The van der Waals surface area contributed by atoms with Gasteiger partial charge in [-0.3, -0.25) is 9.89 Å². The van der Waals surface area contributed by atoms with Crippen LogP contribution in [-0.2, 0) is 6.54 Å². The Bertz CT molecular complexity index is 1050. The Morgan fingerprint density at radius 1 is 0.962 bits per heavy atom. The van der Waals surface area contributed by atoms with E-state index in [-0.39, 0.29) is 5.91 Å². The molecule has 0 saturated heterocycles. The molecule has 0 spiro atoms. The smallest absolute Gasteiger partial charge is 0.271 e. The van der Waals surface area contributed by atoms with E-state index in [0.717, 1.165) is 27.6 Å². The lowest BCUT2D eigenvalue weighted by Crippen LogP contribution is -2.26. The molecule has 1 heterocycles. The van der Waals surface area contributed by atoms with Crippen molar-refractivity contribution in [1.82, 2.24) is 15.1 Å². The maximum Gasteiger partial charge on any atom is 0.271 e. The number of amides is 1. The van der Waals surface area contributed by atoms with Crippen LogP contribution in [0.3, 0.4) is 0 Å². The Kier molecular flexibility index (Phi) is 4.23. The van der Waals surface area contributed by atoms with Gasteiger partial charge < -0.3 is 4.90 Å². The van der Waals surface area contributed by atoms with Gasteiger partial charge in [-0.25, -0.2) is 0 Å². The molecule has 4 rings (SSSR count). The van der Waals surface area contributed by atoms with Crippen LogP contribution >= 0.6 is 0 Å². The fourth-order valence-electron chi connectivity index (χ4n) is 3.15. The molecule has 128 valence electrons. The number of hydrogen-bond acceptors (Lipinski definition) is 2. The predicted octanol–water partition coefficient (Wildman–Crippen LogP) is 4.50. The number of nitrogens with one attached hydrogen (secondary N) is 1. The summed E-state index contributed by atoms with van der Waals surface area (Å²) in [7, 11) is 1.80. The lowest BCUT2D eigenvalue weighted by Gasteiger charge is -2.16. The minimum atomic E-state index is -0.0761. The molecule has 1 N–H and O–H groups in total. The number of hydrogen-bond donors (Lipinski definition) is 1. The molecule has 26 heavy (non-hydrogen) atoms. The normalized spacial score (nSPS) is 10.8. The summed E-state index contributed by atoms with van der Waals surface area (Å²) in [6.45, 7) is 0.558. The molecule has 0 aliphatic rings. The van der Waals surface area contributed by atoms with Crippen molar-refractivity contribution in [3.8, 4) is 11.3 Å². The second-order valence-electron chi connectivity index (χ2n) is 6.34. The van der Waals surface area contributed by atoms with Gasteiger partial charge in [0.05, 0.1) is 5.69 Å². The summed E-state index contributed by atoms with van der Waals surface area (Å²) in [4.78, 5) is 14.4. The number of carbonyl (C=O) groups is 1. The molecule has 4 nitrogen and oxygen atoms in total. The highest BCUT2D eigenvalue weighted by Gasteiger charge is 2.16. The van der Waals surface area contributed by atoms with Crippen molar-refractivity contribution >= 4 is 16.7 Å². The number of H-pyrrole nitrogens is 1. The zero-order chi connectivity index (χ0) is 17.9. The van der Waals surface area contributed by atoms with E-state index >= 15 is 0 Å². The highest BCUT2D eigenvalue weighted by Crippen LogP contribution is 2.27. The van der Waals surface area contributed by atoms with Crippen LogP contribution in [0.15, 0.2) is 78.9 Å². The minimum absolute atomic E-state index is 0.0761. The van der Waals surface area contributed by atoms with E-state index in [0.29, 0.717) is 12.2 Å². The predicted molar refractivity (Wildman–Crippen MR) is 104 cm³/mol. The van der Waals surface area contributed by atoms with E-state index in [9.17, 15) is 4.79 Å². The second kappa shape index (κ2) is 6.84. The quantitative estimate of drug-likeness (QED) is 0.594. The zero-order valence-corrected chi connectivity index (χ0v) is 14.5. The summed E-state index contributed by atoms with van der Waals surface area (Å²) in [5.41, 5.74) is 3.38. The van der Waals surface area contributed by atoms with Crippen LogP contribution < -0.4 is 0 Å². The number of aromatic nitrogens is 2. The maximum absolute atomic E-state index is 12.7. The van der Waals surface area contributed by atoms with E-state index in [1.165, 1.54) is 0 Å². The average molecular weight is 341 g/mol. The Hall–Kier alpha value is -3.40. The van der Waals surface area contributed by atoms with Crippen LogP contribution in [0.1, 0.15) is 16.1 Å². The summed E-state index contributed by atoms with van der Waals surface area (Å²) < 4.78 is 0. The fourth-order valence-corrected chi connectivity index (χ4v) is 3.15. The number of benzene rings is 3. The highest BCUT2D eigenvalue weighted by atomic mass is 16.2. The largest absolute Gasteiger partial charge is 0.336 e. The topological polar surface area (TPSA) is 49.0 Å². The molecule has 0 aliphatic carbocycles. The SMILES string of the molecule is CN(Cc1ccccc1)C(=O)c1cc(-c2cccc3ccccc23)n[nH]1. The molecule has 0 fully saturated rings. The highest BCUT2D eigenvalue weighted by molar-refractivity contribution is 5.98. The summed E-state index contributed by atoms with van der Waals surface area (Å²) in [5.74, 6) is -0.0761. The van der Waals surface area contributed by atoms with Crippen LogP contribution in [0.2, 0.25) is 0 Å². The summed E-state index contributed by atoms with van der Waals surface area (Å²) in [6.07, 6.45) is 0. The fraction of sp³-hybridized carbons (Fsp3) is 0.0909. The van der Waals surface area contributed by atoms with Crippen molar-refractivity contribution in [2.75, 3.05) is 7.05 Å². The van der Waals surface area contributed by atoms with Crippen LogP contribution in [0.5, 0.6) is 0 Å².